The largest absolute Gasteiger partial charge is 0.367 e. The predicted octanol–water partition coefficient (Wildman–Crippen LogP) is 1.94. The van der Waals surface area contributed by atoms with E-state index in [1.54, 1.807) is 12.1 Å². The summed E-state index contributed by atoms with van der Waals surface area (Å²) in [4.78, 5) is 12.6. The molecule has 3 unspecified atom stereocenters. The van der Waals surface area contributed by atoms with E-state index in [0.29, 0.717) is 5.02 Å². The van der Waals surface area contributed by atoms with E-state index in [0.717, 1.165) is 11.3 Å². The first kappa shape index (κ1) is 16.7. The van der Waals surface area contributed by atoms with Crippen molar-refractivity contribution in [3.63, 3.8) is 0 Å². The van der Waals surface area contributed by atoms with E-state index in [2.05, 4.69) is 27.0 Å². The number of amides is 1. The summed E-state index contributed by atoms with van der Waals surface area (Å²) >= 11 is 5.89. The molecule has 7 heteroatoms. The molecular weight excluding hydrogens is 326 g/mol. The smallest absolute Gasteiger partial charge is 0.242 e. The van der Waals surface area contributed by atoms with Crippen LogP contribution >= 0.6 is 11.6 Å². The lowest BCUT2D eigenvalue weighted by molar-refractivity contribution is -0.123. The van der Waals surface area contributed by atoms with Gasteiger partial charge in [-0.1, -0.05) is 41.9 Å². The number of carbonyl (C=O) groups excluding carboxylic acids is 1. The molecule has 1 aliphatic heterocycles. The van der Waals surface area contributed by atoms with Crippen LogP contribution in [0.2, 0.25) is 5.02 Å². The zero-order chi connectivity index (χ0) is 16.9. The van der Waals surface area contributed by atoms with E-state index in [-0.39, 0.29) is 18.1 Å². The molecule has 1 saturated heterocycles. The van der Waals surface area contributed by atoms with Crippen LogP contribution in [0.3, 0.4) is 0 Å². The van der Waals surface area contributed by atoms with E-state index in [1.807, 2.05) is 49.4 Å². The number of rotatable bonds is 5. The van der Waals surface area contributed by atoms with E-state index in [4.69, 9.17) is 11.6 Å². The Morgan fingerprint density at radius 3 is 2.50 bits per heavy atom. The molecule has 1 amide bonds. The van der Waals surface area contributed by atoms with Crippen LogP contribution in [0.4, 0.5) is 5.69 Å². The van der Waals surface area contributed by atoms with Crippen LogP contribution in [0.1, 0.15) is 18.5 Å². The maximum absolute atomic E-state index is 12.6. The second kappa shape index (κ2) is 7.63. The molecule has 2 aromatic rings. The summed E-state index contributed by atoms with van der Waals surface area (Å²) in [7, 11) is 0. The van der Waals surface area contributed by atoms with Crippen LogP contribution < -0.4 is 27.0 Å². The molecule has 3 rings (SSSR count). The summed E-state index contributed by atoms with van der Waals surface area (Å²) in [6.07, 6.45) is -0.297. The monoisotopic (exact) mass is 345 g/mol. The van der Waals surface area contributed by atoms with Gasteiger partial charge in [0.15, 0.2) is 0 Å². The van der Waals surface area contributed by atoms with Gasteiger partial charge in [0.2, 0.25) is 5.91 Å². The molecule has 6 nitrogen and oxygen atoms in total. The highest BCUT2D eigenvalue weighted by Crippen LogP contribution is 2.16. The topological polar surface area (TPSA) is 77.2 Å². The second-order valence-corrected chi connectivity index (χ2v) is 6.10. The SMILES string of the molecule is CC(NC(=O)C1NNNC1Nc1ccc(Cl)cc1)c1ccccc1. The summed E-state index contributed by atoms with van der Waals surface area (Å²) in [6.45, 7) is 1.96. The maximum Gasteiger partial charge on any atom is 0.242 e. The van der Waals surface area contributed by atoms with Gasteiger partial charge in [0.05, 0.1) is 6.04 Å². The Kier molecular flexibility index (Phi) is 5.32. The third-order valence-corrected chi connectivity index (χ3v) is 4.15. The Morgan fingerprint density at radius 2 is 1.79 bits per heavy atom. The molecule has 126 valence electrons. The Bertz CT molecular complexity index is 679. The highest BCUT2D eigenvalue weighted by Gasteiger charge is 2.33. The summed E-state index contributed by atoms with van der Waals surface area (Å²) < 4.78 is 0. The fraction of sp³-hybridized carbons (Fsp3) is 0.235. The van der Waals surface area contributed by atoms with E-state index in [1.165, 1.54) is 0 Å². The zero-order valence-corrected chi connectivity index (χ0v) is 14.0. The minimum Gasteiger partial charge on any atom is -0.367 e. The van der Waals surface area contributed by atoms with E-state index in [9.17, 15) is 4.79 Å². The molecule has 0 spiro atoms. The summed E-state index contributed by atoms with van der Waals surface area (Å²) in [5.74, 6) is -0.102. The molecule has 5 N–H and O–H groups in total. The van der Waals surface area contributed by atoms with Gasteiger partial charge in [0.1, 0.15) is 12.2 Å². The molecular formula is C17H20ClN5O. The molecule has 1 aliphatic rings. The number of nitrogens with one attached hydrogen (secondary N) is 5. The maximum atomic E-state index is 12.6. The molecule has 1 heterocycles. The van der Waals surface area contributed by atoms with Gasteiger partial charge in [-0.25, -0.2) is 10.9 Å². The normalized spacial score (nSPS) is 21.2. The summed E-state index contributed by atoms with van der Waals surface area (Å²) in [6, 6.07) is 16.6. The first-order valence-electron chi connectivity index (χ1n) is 7.77. The van der Waals surface area contributed by atoms with Crippen molar-refractivity contribution in [1.29, 1.82) is 0 Å². The van der Waals surface area contributed by atoms with Gasteiger partial charge in [-0.2, -0.15) is 5.53 Å². The van der Waals surface area contributed by atoms with Crippen molar-refractivity contribution in [3.05, 3.63) is 65.2 Å². The number of hydrazine groups is 2. The lowest BCUT2D eigenvalue weighted by Gasteiger charge is -2.22. The first-order valence-corrected chi connectivity index (χ1v) is 8.15. The molecule has 0 saturated carbocycles. The minimum absolute atomic E-state index is 0.0720. The fourth-order valence-electron chi connectivity index (χ4n) is 2.55. The van der Waals surface area contributed by atoms with Crippen molar-refractivity contribution >= 4 is 23.2 Å². The van der Waals surface area contributed by atoms with Gasteiger partial charge in [0.25, 0.3) is 0 Å². The molecule has 0 radical (unpaired) electrons. The van der Waals surface area contributed by atoms with Crippen LogP contribution in [-0.4, -0.2) is 18.1 Å². The third-order valence-electron chi connectivity index (χ3n) is 3.90. The fourth-order valence-corrected chi connectivity index (χ4v) is 2.68. The first-order chi connectivity index (χ1) is 11.6. The van der Waals surface area contributed by atoms with Crippen LogP contribution in [0.15, 0.2) is 54.6 Å². The highest BCUT2D eigenvalue weighted by atomic mass is 35.5. The number of benzene rings is 2. The predicted molar refractivity (Wildman–Crippen MR) is 95.1 cm³/mol. The quantitative estimate of drug-likeness (QED) is 0.572. The number of hydrogen-bond acceptors (Lipinski definition) is 5. The van der Waals surface area contributed by atoms with Gasteiger partial charge in [0, 0.05) is 10.7 Å². The Morgan fingerprint density at radius 1 is 1.08 bits per heavy atom. The molecule has 24 heavy (non-hydrogen) atoms. The van der Waals surface area contributed by atoms with E-state index >= 15 is 0 Å². The highest BCUT2D eigenvalue weighted by molar-refractivity contribution is 6.30. The molecule has 3 atom stereocenters. The van der Waals surface area contributed by atoms with Gasteiger partial charge in [-0.3, -0.25) is 4.79 Å². The lowest BCUT2D eigenvalue weighted by Crippen LogP contribution is -2.50. The third kappa shape index (κ3) is 4.04. The lowest BCUT2D eigenvalue weighted by atomic mass is 10.1. The van der Waals surface area contributed by atoms with Crippen molar-refractivity contribution in [3.8, 4) is 0 Å². The minimum atomic E-state index is -0.466. The molecule has 1 fully saturated rings. The average molecular weight is 346 g/mol. The van der Waals surface area contributed by atoms with Crippen LogP contribution in [0.5, 0.6) is 0 Å². The van der Waals surface area contributed by atoms with Crippen molar-refractivity contribution in [2.75, 3.05) is 5.32 Å². The molecule has 0 aliphatic carbocycles. The van der Waals surface area contributed by atoms with Crippen molar-refractivity contribution < 1.29 is 4.79 Å². The zero-order valence-electron chi connectivity index (χ0n) is 13.2. The second-order valence-electron chi connectivity index (χ2n) is 5.66. The Balaban J connectivity index is 1.62. The van der Waals surface area contributed by atoms with Gasteiger partial charge in [-0.15, -0.1) is 0 Å². The van der Waals surface area contributed by atoms with Gasteiger partial charge >= 0.3 is 0 Å². The number of anilines is 1. The molecule has 2 aromatic carbocycles. The number of hydrogen-bond donors (Lipinski definition) is 5. The number of halogens is 1. The van der Waals surface area contributed by atoms with Crippen LogP contribution in [0.25, 0.3) is 0 Å². The standard InChI is InChI=1S/C17H20ClN5O/c1-11(12-5-3-2-4-6-12)19-17(24)15-16(22-23-21-15)20-14-9-7-13(18)8-10-14/h2-11,15-16,20-23H,1H3,(H,19,24). The van der Waals surface area contributed by atoms with Crippen molar-refractivity contribution in [1.82, 2.24) is 21.7 Å². The number of carbonyl (C=O) groups is 1. The molecule has 0 aromatic heterocycles. The molecule has 0 bridgehead atoms. The average Bonchev–Trinajstić information content (AvgIpc) is 3.06. The van der Waals surface area contributed by atoms with Crippen LogP contribution in [-0.2, 0) is 4.79 Å². The summed E-state index contributed by atoms with van der Waals surface area (Å²) in [5.41, 5.74) is 10.7. The van der Waals surface area contributed by atoms with Crippen molar-refractivity contribution in [2.45, 2.75) is 25.2 Å². The Labute approximate surface area is 145 Å². The van der Waals surface area contributed by atoms with E-state index < -0.39 is 6.04 Å². The Hall–Kier alpha value is -2.12. The van der Waals surface area contributed by atoms with Crippen LogP contribution in [0, 0.1) is 0 Å². The van der Waals surface area contributed by atoms with Crippen molar-refractivity contribution in [2.24, 2.45) is 0 Å². The van der Waals surface area contributed by atoms with Gasteiger partial charge < -0.3 is 10.6 Å². The summed E-state index contributed by atoms with van der Waals surface area (Å²) in [5, 5.41) is 6.95. The van der Waals surface area contributed by atoms with Gasteiger partial charge in [-0.05, 0) is 36.8 Å².